The van der Waals surface area contributed by atoms with Crippen molar-refractivity contribution in [1.29, 1.82) is 5.26 Å². The molecule has 0 fully saturated rings. The first-order valence-electron chi connectivity index (χ1n) is 6.32. The molecule has 1 aromatic carbocycles. The highest BCUT2D eigenvalue weighted by atomic mass is 16.5. The molecule has 0 radical (unpaired) electrons. The normalized spacial score (nSPS) is 10.5. The molecule has 2 heterocycles. The van der Waals surface area contributed by atoms with Gasteiger partial charge < -0.3 is 14.9 Å². The minimum Gasteiger partial charge on any atom is -0.497 e. The number of methoxy groups -OCH3 is 1. The van der Waals surface area contributed by atoms with Gasteiger partial charge in [-0.1, -0.05) is 5.21 Å². The number of anilines is 1. The zero-order valence-corrected chi connectivity index (χ0v) is 11.6. The van der Waals surface area contributed by atoms with Crippen molar-refractivity contribution in [2.45, 2.75) is 6.54 Å². The molecule has 0 atom stereocenters. The Kier molecular flexibility index (Phi) is 3.23. The number of ether oxygens (including phenoxy) is 1. The van der Waals surface area contributed by atoms with Crippen LogP contribution in [0, 0.1) is 11.3 Å². The Balaban J connectivity index is 2.17. The van der Waals surface area contributed by atoms with E-state index in [2.05, 4.69) is 10.3 Å². The topological polar surface area (TPSA) is 120 Å². The summed E-state index contributed by atoms with van der Waals surface area (Å²) in [7, 11) is 1.55. The van der Waals surface area contributed by atoms with Gasteiger partial charge in [-0.15, -0.1) is 5.10 Å². The number of nitrogen functional groups attached to an aromatic ring is 1. The van der Waals surface area contributed by atoms with Crippen molar-refractivity contribution in [1.82, 2.24) is 15.0 Å². The molecule has 0 bridgehead atoms. The van der Waals surface area contributed by atoms with Gasteiger partial charge >= 0.3 is 5.63 Å². The number of benzene rings is 1. The standard InChI is InChI=1S/C14H11N5O3/c1-21-9-2-3-12-10(5-9)8(4-13(20)22-12)7-19-11(6-15)14(16)17-18-19/h2-5H,7,16H2,1H3. The van der Waals surface area contributed by atoms with Gasteiger partial charge in [-0.3, -0.25) is 0 Å². The van der Waals surface area contributed by atoms with Crippen LogP contribution in [0.2, 0.25) is 0 Å². The fourth-order valence-electron chi connectivity index (χ4n) is 2.18. The van der Waals surface area contributed by atoms with Gasteiger partial charge in [0.05, 0.1) is 13.7 Å². The second kappa shape index (κ2) is 5.21. The smallest absolute Gasteiger partial charge is 0.336 e. The average molecular weight is 297 g/mol. The maximum Gasteiger partial charge on any atom is 0.336 e. The van der Waals surface area contributed by atoms with Crippen molar-refractivity contribution in [2.24, 2.45) is 0 Å². The van der Waals surface area contributed by atoms with Crippen LogP contribution in [0.25, 0.3) is 11.0 Å². The Bertz CT molecular complexity index is 951. The molecule has 3 aromatic rings. The Labute approximate surface area is 124 Å². The minimum atomic E-state index is -0.487. The van der Waals surface area contributed by atoms with E-state index in [0.29, 0.717) is 22.3 Å². The van der Waals surface area contributed by atoms with Crippen LogP contribution in [0.1, 0.15) is 11.3 Å². The number of hydrogen-bond acceptors (Lipinski definition) is 7. The molecule has 0 unspecified atom stereocenters. The van der Waals surface area contributed by atoms with E-state index in [0.717, 1.165) is 0 Å². The predicted molar refractivity (Wildman–Crippen MR) is 77.3 cm³/mol. The van der Waals surface area contributed by atoms with Crippen LogP contribution in [-0.2, 0) is 6.54 Å². The Morgan fingerprint density at radius 1 is 1.45 bits per heavy atom. The fourth-order valence-corrected chi connectivity index (χ4v) is 2.18. The predicted octanol–water partition coefficient (Wildman–Crippen LogP) is 0.895. The lowest BCUT2D eigenvalue weighted by molar-refractivity contribution is 0.415. The van der Waals surface area contributed by atoms with Crippen LogP contribution in [0.5, 0.6) is 5.75 Å². The van der Waals surface area contributed by atoms with E-state index < -0.39 is 5.63 Å². The highest BCUT2D eigenvalue weighted by Gasteiger charge is 2.13. The van der Waals surface area contributed by atoms with Gasteiger partial charge in [0.15, 0.2) is 11.5 Å². The third-order valence-corrected chi connectivity index (χ3v) is 3.22. The molecule has 2 N–H and O–H groups in total. The summed E-state index contributed by atoms with van der Waals surface area (Å²) in [5, 5.41) is 17.3. The van der Waals surface area contributed by atoms with E-state index >= 15 is 0 Å². The van der Waals surface area contributed by atoms with Crippen molar-refractivity contribution < 1.29 is 9.15 Å². The largest absolute Gasteiger partial charge is 0.497 e. The van der Waals surface area contributed by atoms with Crippen LogP contribution < -0.4 is 16.1 Å². The molecule has 0 aliphatic carbocycles. The lowest BCUT2D eigenvalue weighted by Crippen LogP contribution is -2.09. The number of nitrogens with zero attached hydrogens (tertiary/aromatic N) is 4. The van der Waals surface area contributed by atoms with E-state index in [1.54, 1.807) is 25.3 Å². The van der Waals surface area contributed by atoms with Gasteiger partial charge in [-0.2, -0.15) is 5.26 Å². The van der Waals surface area contributed by atoms with Gasteiger partial charge in [0.2, 0.25) is 0 Å². The fraction of sp³-hybridized carbons (Fsp3) is 0.143. The molecule has 8 heteroatoms. The highest BCUT2D eigenvalue weighted by Crippen LogP contribution is 2.23. The first-order valence-corrected chi connectivity index (χ1v) is 6.32. The molecule has 8 nitrogen and oxygen atoms in total. The van der Waals surface area contributed by atoms with Crippen LogP contribution in [0.15, 0.2) is 33.5 Å². The quantitative estimate of drug-likeness (QED) is 0.713. The molecule has 0 spiro atoms. The van der Waals surface area contributed by atoms with E-state index in [1.165, 1.54) is 10.7 Å². The van der Waals surface area contributed by atoms with Gasteiger partial charge in [-0.05, 0) is 23.8 Å². The first-order chi connectivity index (χ1) is 10.6. The summed E-state index contributed by atoms with van der Waals surface area (Å²) < 4.78 is 11.7. The summed E-state index contributed by atoms with van der Waals surface area (Å²) in [6.07, 6.45) is 0. The van der Waals surface area contributed by atoms with Crippen molar-refractivity contribution in [2.75, 3.05) is 12.8 Å². The van der Waals surface area contributed by atoms with Crippen LogP contribution >= 0.6 is 0 Å². The maximum atomic E-state index is 11.7. The van der Waals surface area contributed by atoms with Crippen LogP contribution in [0.4, 0.5) is 5.82 Å². The zero-order chi connectivity index (χ0) is 15.7. The third kappa shape index (κ3) is 2.25. The second-order valence-corrected chi connectivity index (χ2v) is 4.55. The molecular formula is C14H11N5O3. The SMILES string of the molecule is COc1ccc2oc(=O)cc(Cn3nnc(N)c3C#N)c2c1. The zero-order valence-electron chi connectivity index (χ0n) is 11.6. The van der Waals surface area contributed by atoms with E-state index in [-0.39, 0.29) is 18.1 Å². The molecule has 0 amide bonds. The Morgan fingerprint density at radius 3 is 3.00 bits per heavy atom. The summed E-state index contributed by atoms with van der Waals surface area (Å²) in [5.41, 5.74) is 6.29. The molecular weight excluding hydrogens is 286 g/mol. The Morgan fingerprint density at radius 2 is 2.27 bits per heavy atom. The number of rotatable bonds is 3. The Hall–Kier alpha value is -3.34. The number of nitrogens with two attached hydrogens (primary N) is 1. The van der Waals surface area contributed by atoms with E-state index in [1.807, 2.05) is 6.07 Å². The summed E-state index contributed by atoms with van der Waals surface area (Å²) in [6.45, 7) is 0.169. The average Bonchev–Trinajstić information content (AvgIpc) is 2.86. The molecule has 0 saturated carbocycles. The van der Waals surface area contributed by atoms with Crippen LogP contribution in [-0.4, -0.2) is 22.1 Å². The third-order valence-electron chi connectivity index (χ3n) is 3.22. The first kappa shape index (κ1) is 13.6. The van der Waals surface area contributed by atoms with Gasteiger partial charge in [0, 0.05) is 11.5 Å². The van der Waals surface area contributed by atoms with Crippen molar-refractivity contribution in [3.05, 3.63) is 45.9 Å². The monoisotopic (exact) mass is 297 g/mol. The van der Waals surface area contributed by atoms with Gasteiger partial charge in [-0.25, -0.2) is 9.48 Å². The lowest BCUT2D eigenvalue weighted by atomic mass is 10.1. The lowest BCUT2D eigenvalue weighted by Gasteiger charge is -2.07. The van der Waals surface area contributed by atoms with E-state index in [9.17, 15) is 4.79 Å². The molecule has 22 heavy (non-hydrogen) atoms. The minimum absolute atomic E-state index is 0.0485. The van der Waals surface area contributed by atoms with Crippen molar-refractivity contribution in [3.8, 4) is 11.8 Å². The molecule has 2 aromatic heterocycles. The number of aromatic nitrogens is 3. The summed E-state index contributed by atoms with van der Waals surface area (Å²) in [6, 6.07) is 8.38. The van der Waals surface area contributed by atoms with Crippen LogP contribution in [0.3, 0.4) is 0 Å². The molecule has 0 aliphatic heterocycles. The number of fused-ring (bicyclic) bond motifs is 1. The number of nitriles is 1. The van der Waals surface area contributed by atoms with Gasteiger partial charge in [0.1, 0.15) is 17.4 Å². The summed E-state index contributed by atoms with van der Waals surface area (Å²) in [4.78, 5) is 11.7. The van der Waals surface area contributed by atoms with E-state index in [4.69, 9.17) is 20.1 Å². The number of hydrogen-bond donors (Lipinski definition) is 1. The summed E-state index contributed by atoms with van der Waals surface area (Å²) in [5.74, 6) is 0.675. The molecule has 0 aliphatic rings. The summed E-state index contributed by atoms with van der Waals surface area (Å²) >= 11 is 0. The van der Waals surface area contributed by atoms with Gasteiger partial charge in [0.25, 0.3) is 0 Å². The molecule has 110 valence electrons. The maximum absolute atomic E-state index is 11.7. The molecule has 3 rings (SSSR count). The second-order valence-electron chi connectivity index (χ2n) is 4.55. The highest BCUT2D eigenvalue weighted by molar-refractivity contribution is 5.81. The van der Waals surface area contributed by atoms with Crippen molar-refractivity contribution >= 4 is 16.8 Å². The molecule has 0 saturated heterocycles. The van der Waals surface area contributed by atoms with Crippen molar-refractivity contribution in [3.63, 3.8) is 0 Å².